The van der Waals surface area contributed by atoms with E-state index in [1.807, 2.05) is 0 Å². The Morgan fingerprint density at radius 2 is 2.43 bits per heavy atom. The number of hydrogen-bond acceptors (Lipinski definition) is 4. The highest BCUT2D eigenvalue weighted by Gasteiger charge is 2.07. The minimum absolute atomic E-state index is 0.309. The minimum atomic E-state index is -0.404. The monoisotopic (exact) mass is 192 g/mol. The quantitative estimate of drug-likeness (QED) is 0.536. The molecule has 1 aromatic rings. The fourth-order valence-electron chi connectivity index (χ4n) is 0.974. The molecule has 0 amide bonds. The van der Waals surface area contributed by atoms with Crippen molar-refractivity contribution >= 4 is 12.2 Å². The number of carbonyl (C=O) groups is 1. The van der Waals surface area contributed by atoms with Gasteiger partial charge >= 0.3 is 5.97 Å². The first-order valence-electron chi connectivity index (χ1n) is 4.34. The third-order valence-electron chi connectivity index (χ3n) is 1.52. The van der Waals surface area contributed by atoms with Gasteiger partial charge in [-0.05, 0) is 19.1 Å². The summed E-state index contributed by atoms with van der Waals surface area (Å²) in [5.74, 6) is -0.404. The van der Waals surface area contributed by atoms with E-state index in [4.69, 9.17) is 4.74 Å². The molecule has 14 heavy (non-hydrogen) atoms. The lowest BCUT2D eigenvalue weighted by atomic mass is 10.3. The van der Waals surface area contributed by atoms with Crippen molar-refractivity contribution in [2.75, 3.05) is 13.7 Å². The highest BCUT2D eigenvalue weighted by atomic mass is 16.5. The number of aromatic nitrogens is 1. The average Bonchev–Trinajstić information content (AvgIpc) is 2.19. The van der Waals surface area contributed by atoms with Crippen LogP contribution in [0.25, 0.3) is 0 Å². The van der Waals surface area contributed by atoms with Crippen LogP contribution in [-0.2, 0) is 4.74 Å². The summed E-state index contributed by atoms with van der Waals surface area (Å²) in [6.07, 6.45) is 1.59. The van der Waals surface area contributed by atoms with E-state index >= 15 is 0 Å². The van der Waals surface area contributed by atoms with E-state index in [0.29, 0.717) is 18.0 Å². The van der Waals surface area contributed by atoms with Crippen molar-refractivity contribution in [1.82, 2.24) is 4.98 Å². The predicted octanol–water partition coefficient (Wildman–Crippen LogP) is 1.31. The van der Waals surface area contributed by atoms with Gasteiger partial charge in [0.15, 0.2) is 0 Å². The van der Waals surface area contributed by atoms with Gasteiger partial charge in [0.25, 0.3) is 0 Å². The van der Waals surface area contributed by atoms with Crippen molar-refractivity contribution in [3.05, 3.63) is 29.6 Å². The zero-order chi connectivity index (χ0) is 10.4. The van der Waals surface area contributed by atoms with Crippen molar-refractivity contribution in [2.24, 2.45) is 4.99 Å². The minimum Gasteiger partial charge on any atom is -0.461 e. The maximum absolute atomic E-state index is 11.3. The molecule has 4 nitrogen and oxygen atoms in total. The molecule has 0 fully saturated rings. The number of nitrogens with zero attached hydrogens (tertiary/aromatic N) is 2. The van der Waals surface area contributed by atoms with Crippen LogP contribution >= 0.6 is 0 Å². The van der Waals surface area contributed by atoms with Gasteiger partial charge in [-0.1, -0.05) is 6.07 Å². The molecule has 1 rings (SSSR count). The third-order valence-corrected chi connectivity index (χ3v) is 1.52. The molecule has 74 valence electrons. The lowest BCUT2D eigenvalue weighted by Crippen LogP contribution is -2.07. The Balaban J connectivity index is 2.87. The van der Waals surface area contributed by atoms with Crippen LogP contribution in [0, 0.1) is 0 Å². The molecular formula is C10H12N2O2. The maximum Gasteiger partial charge on any atom is 0.356 e. The highest BCUT2D eigenvalue weighted by Crippen LogP contribution is 1.99. The standard InChI is InChI=1S/C10H12N2O2/c1-3-14-10(13)9-6-4-5-8(12-9)7-11-2/h4-7H,3H2,1-2H3. The van der Waals surface area contributed by atoms with E-state index < -0.39 is 5.97 Å². The number of pyridine rings is 1. The normalized spacial score (nSPS) is 10.4. The molecule has 0 aliphatic carbocycles. The summed E-state index contributed by atoms with van der Waals surface area (Å²) in [5.41, 5.74) is 0.960. The van der Waals surface area contributed by atoms with Gasteiger partial charge in [-0.25, -0.2) is 9.78 Å². The Kier molecular flexibility index (Phi) is 3.79. The van der Waals surface area contributed by atoms with E-state index in [-0.39, 0.29) is 0 Å². The molecule has 0 radical (unpaired) electrons. The van der Waals surface area contributed by atoms with Crippen molar-refractivity contribution < 1.29 is 9.53 Å². The van der Waals surface area contributed by atoms with E-state index in [1.54, 1.807) is 38.4 Å². The first-order chi connectivity index (χ1) is 6.77. The van der Waals surface area contributed by atoms with Crippen molar-refractivity contribution in [1.29, 1.82) is 0 Å². The van der Waals surface area contributed by atoms with E-state index in [9.17, 15) is 4.79 Å². The molecule has 0 unspecified atom stereocenters. The second-order valence-corrected chi connectivity index (χ2v) is 2.56. The summed E-state index contributed by atoms with van der Waals surface area (Å²) in [6.45, 7) is 2.11. The molecule has 0 saturated heterocycles. The fraction of sp³-hybridized carbons (Fsp3) is 0.300. The summed E-state index contributed by atoms with van der Waals surface area (Å²) < 4.78 is 4.82. The zero-order valence-electron chi connectivity index (χ0n) is 8.23. The SMILES string of the molecule is CCOC(=O)c1cccc(C=NC)n1. The topological polar surface area (TPSA) is 51.5 Å². The lowest BCUT2D eigenvalue weighted by molar-refractivity contribution is 0.0519. The van der Waals surface area contributed by atoms with Crippen molar-refractivity contribution in [3.63, 3.8) is 0 Å². The van der Waals surface area contributed by atoms with E-state index in [1.165, 1.54) is 0 Å². The molecule has 4 heteroatoms. The Morgan fingerprint density at radius 3 is 3.07 bits per heavy atom. The summed E-state index contributed by atoms with van der Waals surface area (Å²) in [4.78, 5) is 19.1. The van der Waals surface area contributed by atoms with Crippen LogP contribution in [0.1, 0.15) is 23.1 Å². The largest absolute Gasteiger partial charge is 0.461 e. The Labute approximate surface area is 82.6 Å². The Morgan fingerprint density at radius 1 is 1.64 bits per heavy atom. The summed E-state index contributed by atoms with van der Waals surface area (Å²) in [5, 5.41) is 0. The molecule has 0 atom stereocenters. The van der Waals surface area contributed by atoms with Gasteiger partial charge < -0.3 is 4.74 Å². The van der Waals surface area contributed by atoms with Gasteiger partial charge in [-0.3, -0.25) is 4.99 Å². The molecule has 0 saturated carbocycles. The van der Waals surface area contributed by atoms with Gasteiger partial charge in [0.05, 0.1) is 12.3 Å². The molecule has 0 bridgehead atoms. The molecule has 0 N–H and O–H groups in total. The molecule has 1 aromatic heterocycles. The van der Waals surface area contributed by atoms with Crippen LogP contribution in [0.2, 0.25) is 0 Å². The van der Waals surface area contributed by atoms with E-state index in [0.717, 1.165) is 0 Å². The summed E-state index contributed by atoms with van der Waals surface area (Å²) >= 11 is 0. The first kappa shape index (κ1) is 10.4. The van der Waals surface area contributed by atoms with E-state index in [2.05, 4.69) is 9.98 Å². The van der Waals surface area contributed by atoms with Crippen molar-refractivity contribution in [3.8, 4) is 0 Å². The van der Waals surface area contributed by atoms with Gasteiger partial charge in [0, 0.05) is 13.3 Å². The molecule has 0 aliphatic rings. The van der Waals surface area contributed by atoms with Crippen LogP contribution in [0.15, 0.2) is 23.2 Å². The first-order valence-corrected chi connectivity index (χ1v) is 4.34. The number of aliphatic imine (C=N–C) groups is 1. The number of esters is 1. The highest BCUT2D eigenvalue weighted by molar-refractivity contribution is 5.88. The maximum atomic E-state index is 11.3. The number of hydrogen-bond donors (Lipinski definition) is 0. The smallest absolute Gasteiger partial charge is 0.356 e. The fourth-order valence-corrected chi connectivity index (χ4v) is 0.974. The number of rotatable bonds is 3. The van der Waals surface area contributed by atoms with Crippen LogP contribution in [-0.4, -0.2) is 30.8 Å². The van der Waals surface area contributed by atoms with Gasteiger partial charge in [-0.2, -0.15) is 0 Å². The summed E-state index contributed by atoms with van der Waals surface area (Å²) in [6, 6.07) is 5.14. The second kappa shape index (κ2) is 5.11. The molecule has 0 aromatic carbocycles. The second-order valence-electron chi connectivity index (χ2n) is 2.56. The van der Waals surface area contributed by atoms with Gasteiger partial charge in [0.1, 0.15) is 5.69 Å². The Hall–Kier alpha value is -1.71. The summed E-state index contributed by atoms with van der Waals surface area (Å²) in [7, 11) is 1.65. The number of carbonyl (C=O) groups excluding carboxylic acids is 1. The van der Waals surface area contributed by atoms with Gasteiger partial charge in [0.2, 0.25) is 0 Å². The molecule has 1 heterocycles. The zero-order valence-corrected chi connectivity index (χ0v) is 8.23. The van der Waals surface area contributed by atoms with Crippen LogP contribution in [0.5, 0.6) is 0 Å². The average molecular weight is 192 g/mol. The lowest BCUT2D eigenvalue weighted by Gasteiger charge is -2.00. The van der Waals surface area contributed by atoms with Gasteiger partial charge in [-0.15, -0.1) is 0 Å². The molecule has 0 aliphatic heterocycles. The van der Waals surface area contributed by atoms with Crippen LogP contribution in [0.3, 0.4) is 0 Å². The number of ether oxygens (including phenoxy) is 1. The van der Waals surface area contributed by atoms with Crippen LogP contribution in [0.4, 0.5) is 0 Å². The Bertz CT molecular complexity index is 348. The predicted molar refractivity (Wildman–Crippen MR) is 53.7 cm³/mol. The third kappa shape index (κ3) is 2.65. The van der Waals surface area contributed by atoms with Crippen LogP contribution < -0.4 is 0 Å². The molecule has 0 spiro atoms. The molecular weight excluding hydrogens is 180 g/mol. The van der Waals surface area contributed by atoms with Crippen molar-refractivity contribution in [2.45, 2.75) is 6.92 Å².